The Bertz CT molecular complexity index is 642. The molecule has 0 radical (unpaired) electrons. The zero-order valence-electron chi connectivity index (χ0n) is 14.3. The maximum absolute atomic E-state index is 12.7. The van der Waals surface area contributed by atoms with Crippen LogP contribution in [0.5, 0.6) is 0 Å². The van der Waals surface area contributed by atoms with Crippen molar-refractivity contribution < 1.29 is 9.53 Å². The van der Waals surface area contributed by atoms with E-state index in [1.54, 1.807) is 11.3 Å². The Morgan fingerprint density at radius 2 is 1.96 bits per heavy atom. The zero-order chi connectivity index (χ0) is 17.5. The van der Waals surface area contributed by atoms with E-state index in [1.807, 2.05) is 30.3 Å². The maximum Gasteiger partial charge on any atom is 0.228 e. The fourth-order valence-electron chi connectivity index (χ4n) is 3.18. The molecule has 1 aliphatic heterocycles. The molecule has 3 N–H and O–H groups in total. The first-order valence-corrected chi connectivity index (χ1v) is 9.55. The van der Waals surface area contributed by atoms with Gasteiger partial charge in [0.2, 0.25) is 5.91 Å². The standard InChI is InChI=1S/C19H25N3O2S/c20-13-16(15-5-2-1-3-6-15)19(23)21-14-17(18-7-4-12-25-18)22-8-10-24-11-9-22/h1-7,12,16-17H,8-11,13-14,20H2,(H,21,23). The molecule has 0 aliphatic carbocycles. The number of carbonyl (C=O) groups excluding carboxylic acids is 1. The summed E-state index contributed by atoms with van der Waals surface area (Å²) < 4.78 is 5.46. The molecule has 2 aromatic rings. The molecule has 1 aliphatic rings. The lowest BCUT2D eigenvalue weighted by Crippen LogP contribution is -2.44. The molecule has 2 unspecified atom stereocenters. The van der Waals surface area contributed by atoms with Crippen molar-refractivity contribution in [3.8, 4) is 0 Å². The third-order valence-electron chi connectivity index (χ3n) is 4.58. The van der Waals surface area contributed by atoms with E-state index in [0.717, 1.165) is 31.9 Å². The molecule has 1 aromatic heterocycles. The summed E-state index contributed by atoms with van der Waals surface area (Å²) in [6, 6.07) is 14.1. The first-order valence-electron chi connectivity index (χ1n) is 8.67. The number of amides is 1. The largest absolute Gasteiger partial charge is 0.379 e. The van der Waals surface area contributed by atoms with Crippen LogP contribution >= 0.6 is 11.3 Å². The van der Waals surface area contributed by atoms with E-state index in [4.69, 9.17) is 10.5 Å². The summed E-state index contributed by atoms with van der Waals surface area (Å²) in [6.45, 7) is 4.14. The maximum atomic E-state index is 12.7. The van der Waals surface area contributed by atoms with E-state index in [2.05, 4.69) is 27.7 Å². The molecule has 0 spiro atoms. The molecule has 0 saturated carbocycles. The Morgan fingerprint density at radius 1 is 1.20 bits per heavy atom. The summed E-state index contributed by atoms with van der Waals surface area (Å²) >= 11 is 1.73. The van der Waals surface area contributed by atoms with Gasteiger partial charge in [-0.2, -0.15) is 0 Å². The lowest BCUT2D eigenvalue weighted by Gasteiger charge is -2.34. The highest BCUT2D eigenvalue weighted by Crippen LogP contribution is 2.25. The average molecular weight is 359 g/mol. The minimum Gasteiger partial charge on any atom is -0.379 e. The Morgan fingerprint density at radius 3 is 2.60 bits per heavy atom. The number of thiophene rings is 1. The predicted molar refractivity (Wildman–Crippen MR) is 101 cm³/mol. The zero-order valence-corrected chi connectivity index (χ0v) is 15.1. The monoisotopic (exact) mass is 359 g/mol. The van der Waals surface area contributed by atoms with Crippen LogP contribution in [0.3, 0.4) is 0 Å². The van der Waals surface area contributed by atoms with Crippen LogP contribution in [-0.4, -0.2) is 50.2 Å². The quantitative estimate of drug-likeness (QED) is 0.793. The van der Waals surface area contributed by atoms with Crippen LogP contribution in [0.4, 0.5) is 0 Å². The van der Waals surface area contributed by atoms with Crippen molar-refractivity contribution in [2.24, 2.45) is 5.73 Å². The van der Waals surface area contributed by atoms with Gasteiger partial charge in [0.1, 0.15) is 0 Å². The van der Waals surface area contributed by atoms with E-state index in [0.29, 0.717) is 13.1 Å². The molecule has 2 heterocycles. The van der Waals surface area contributed by atoms with E-state index in [1.165, 1.54) is 4.88 Å². The molecule has 1 aromatic carbocycles. The van der Waals surface area contributed by atoms with Crippen LogP contribution in [-0.2, 0) is 9.53 Å². The number of nitrogens with two attached hydrogens (primary N) is 1. The van der Waals surface area contributed by atoms with Crippen LogP contribution in [0.25, 0.3) is 0 Å². The molecular weight excluding hydrogens is 334 g/mol. The number of hydrogen-bond donors (Lipinski definition) is 2. The van der Waals surface area contributed by atoms with Gasteiger partial charge in [-0.25, -0.2) is 0 Å². The van der Waals surface area contributed by atoms with Crippen LogP contribution in [0, 0.1) is 0 Å². The Balaban J connectivity index is 1.66. The minimum atomic E-state index is -0.310. The lowest BCUT2D eigenvalue weighted by molar-refractivity contribution is -0.122. The summed E-state index contributed by atoms with van der Waals surface area (Å²) in [5.74, 6) is -0.321. The van der Waals surface area contributed by atoms with Gasteiger partial charge in [0.25, 0.3) is 0 Å². The van der Waals surface area contributed by atoms with Crippen molar-refractivity contribution in [2.45, 2.75) is 12.0 Å². The highest BCUT2D eigenvalue weighted by atomic mass is 32.1. The van der Waals surface area contributed by atoms with E-state index in [-0.39, 0.29) is 17.9 Å². The Labute approximate surface area is 152 Å². The number of benzene rings is 1. The van der Waals surface area contributed by atoms with Gasteiger partial charge in [0.15, 0.2) is 0 Å². The van der Waals surface area contributed by atoms with E-state index >= 15 is 0 Å². The van der Waals surface area contributed by atoms with Crippen LogP contribution in [0.1, 0.15) is 22.4 Å². The van der Waals surface area contributed by atoms with Crippen molar-refractivity contribution in [3.63, 3.8) is 0 Å². The third-order valence-corrected chi connectivity index (χ3v) is 5.56. The molecule has 1 saturated heterocycles. The second-order valence-electron chi connectivity index (χ2n) is 6.12. The van der Waals surface area contributed by atoms with E-state index in [9.17, 15) is 4.79 Å². The molecule has 6 heteroatoms. The highest BCUT2D eigenvalue weighted by molar-refractivity contribution is 7.10. The predicted octanol–water partition coefficient (Wildman–Crippen LogP) is 1.98. The summed E-state index contributed by atoms with van der Waals surface area (Å²) in [5, 5.41) is 5.20. The van der Waals surface area contributed by atoms with Crippen molar-refractivity contribution in [3.05, 3.63) is 58.3 Å². The molecule has 1 amide bonds. The van der Waals surface area contributed by atoms with Gasteiger partial charge in [-0.05, 0) is 17.0 Å². The minimum absolute atomic E-state index is 0.0106. The van der Waals surface area contributed by atoms with Crippen LogP contribution in [0.15, 0.2) is 47.8 Å². The summed E-state index contributed by atoms with van der Waals surface area (Å²) in [7, 11) is 0. The number of nitrogens with one attached hydrogen (secondary N) is 1. The van der Waals surface area contributed by atoms with Gasteiger partial charge >= 0.3 is 0 Å². The van der Waals surface area contributed by atoms with Crippen molar-refractivity contribution in [2.75, 3.05) is 39.4 Å². The summed E-state index contributed by atoms with van der Waals surface area (Å²) in [4.78, 5) is 16.4. The molecule has 2 atom stereocenters. The van der Waals surface area contributed by atoms with Gasteiger partial charge < -0.3 is 15.8 Å². The third kappa shape index (κ3) is 4.67. The molecular formula is C19H25N3O2S. The highest BCUT2D eigenvalue weighted by Gasteiger charge is 2.25. The molecule has 25 heavy (non-hydrogen) atoms. The molecule has 1 fully saturated rings. The van der Waals surface area contributed by atoms with E-state index < -0.39 is 0 Å². The first kappa shape index (κ1) is 18.1. The van der Waals surface area contributed by atoms with Gasteiger partial charge in [0, 0.05) is 31.1 Å². The molecule has 134 valence electrons. The van der Waals surface area contributed by atoms with Crippen molar-refractivity contribution >= 4 is 17.2 Å². The number of ether oxygens (including phenoxy) is 1. The molecule has 3 rings (SSSR count). The lowest BCUT2D eigenvalue weighted by atomic mass is 9.98. The second-order valence-corrected chi connectivity index (χ2v) is 7.10. The Hall–Kier alpha value is -1.73. The summed E-state index contributed by atoms with van der Waals surface area (Å²) in [6.07, 6.45) is 0. The molecule has 5 nitrogen and oxygen atoms in total. The van der Waals surface area contributed by atoms with Gasteiger partial charge in [-0.1, -0.05) is 36.4 Å². The smallest absolute Gasteiger partial charge is 0.228 e. The number of hydrogen-bond acceptors (Lipinski definition) is 5. The number of carbonyl (C=O) groups is 1. The normalized spacial score (nSPS) is 17.8. The fraction of sp³-hybridized carbons (Fsp3) is 0.421. The molecule has 0 bridgehead atoms. The summed E-state index contributed by atoms with van der Waals surface area (Å²) in [5.41, 5.74) is 6.82. The van der Waals surface area contributed by atoms with Gasteiger partial charge in [0.05, 0.1) is 25.2 Å². The number of morpholine rings is 1. The first-order chi connectivity index (χ1) is 12.3. The van der Waals surface area contributed by atoms with Gasteiger partial charge in [-0.3, -0.25) is 9.69 Å². The van der Waals surface area contributed by atoms with Crippen molar-refractivity contribution in [1.29, 1.82) is 0 Å². The topological polar surface area (TPSA) is 67.6 Å². The average Bonchev–Trinajstić information content (AvgIpc) is 3.19. The SMILES string of the molecule is NCC(C(=O)NCC(c1cccs1)N1CCOCC1)c1ccccc1. The Kier molecular flexibility index (Phi) is 6.58. The number of nitrogens with zero attached hydrogens (tertiary/aromatic N) is 1. The number of rotatable bonds is 7. The fourth-order valence-corrected chi connectivity index (χ4v) is 4.04. The second kappa shape index (κ2) is 9.10. The van der Waals surface area contributed by atoms with Crippen molar-refractivity contribution in [1.82, 2.24) is 10.2 Å². The van der Waals surface area contributed by atoms with Crippen LogP contribution < -0.4 is 11.1 Å². The van der Waals surface area contributed by atoms with Crippen LogP contribution in [0.2, 0.25) is 0 Å². The van der Waals surface area contributed by atoms with Gasteiger partial charge in [-0.15, -0.1) is 11.3 Å².